The van der Waals surface area contributed by atoms with Crippen molar-refractivity contribution in [3.05, 3.63) is 41.6 Å². The Morgan fingerprint density at radius 3 is 2.19 bits per heavy atom. The van der Waals surface area contributed by atoms with E-state index in [1.54, 1.807) is 47.0 Å². The summed E-state index contributed by atoms with van der Waals surface area (Å²) in [6, 6.07) is 6.58. The van der Waals surface area contributed by atoms with Gasteiger partial charge in [-0.05, 0) is 97.4 Å². The van der Waals surface area contributed by atoms with Crippen molar-refractivity contribution in [3.8, 4) is 5.69 Å². The van der Waals surface area contributed by atoms with Crippen LogP contribution in [0.2, 0.25) is 0 Å². The maximum atomic E-state index is 13.6. The van der Waals surface area contributed by atoms with Crippen molar-refractivity contribution in [2.75, 3.05) is 11.5 Å². The number of hydrogen-bond donors (Lipinski definition) is 0. The Bertz CT molecular complexity index is 1070. The molecule has 0 bridgehead atoms. The van der Waals surface area contributed by atoms with E-state index in [2.05, 4.69) is 12.0 Å². The fraction of sp³-hybridized carbons (Fsp3) is 0.571. The molecule has 1 aromatic carbocycles. The summed E-state index contributed by atoms with van der Waals surface area (Å²) in [5.74, 6) is -0.117. The lowest BCUT2D eigenvalue weighted by atomic mass is 9.82. The Labute approximate surface area is 213 Å². The number of benzene rings is 1. The third-order valence-corrected chi connectivity index (χ3v) is 6.30. The van der Waals surface area contributed by atoms with Gasteiger partial charge in [0.25, 0.3) is 0 Å². The standard InChI is InChI=1S/C28H39N3O5/c1-8-35-27(34)23-17-30(22-15-13-21(14-16-22)26(33)36-28(5,6)7)29-24(23)31(18(2)3)25(32)20-11-9-19(4)10-12-20/h13-20H,8-12H2,1-7H3/t19-,20-. The normalized spacial score (nSPS) is 18.1. The minimum atomic E-state index is -0.593. The van der Waals surface area contributed by atoms with Gasteiger partial charge in [0.15, 0.2) is 5.82 Å². The molecule has 1 heterocycles. The van der Waals surface area contributed by atoms with Gasteiger partial charge in [-0.3, -0.25) is 9.69 Å². The highest BCUT2D eigenvalue weighted by Gasteiger charge is 2.34. The second kappa shape index (κ2) is 11.3. The van der Waals surface area contributed by atoms with Gasteiger partial charge in [-0.2, -0.15) is 0 Å². The molecule has 1 aromatic heterocycles. The van der Waals surface area contributed by atoms with Crippen LogP contribution in [0.5, 0.6) is 0 Å². The molecule has 196 valence electrons. The molecule has 0 spiro atoms. The Kier molecular flexibility index (Phi) is 8.59. The lowest BCUT2D eigenvalue weighted by Gasteiger charge is -2.32. The maximum absolute atomic E-state index is 13.6. The van der Waals surface area contributed by atoms with E-state index in [0.717, 1.165) is 25.7 Å². The van der Waals surface area contributed by atoms with Crippen LogP contribution in [0.25, 0.3) is 5.69 Å². The Morgan fingerprint density at radius 2 is 1.67 bits per heavy atom. The van der Waals surface area contributed by atoms with Crippen molar-refractivity contribution in [2.45, 2.75) is 85.8 Å². The number of nitrogens with zero attached hydrogens (tertiary/aromatic N) is 3. The number of ether oxygens (including phenoxy) is 2. The molecule has 0 N–H and O–H groups in total. The van der Waals surface area contributed by atoms with Crippen molar-refractivity contribution >= 4 is 23.7 Å². The van der Waals surface area contributed by atoms with Gasteiger partial charge in [0.1, 0.15) is 11.2 Å². The van der Waals surface area contributed by atoms with Crippen LogP contribution in [-0.4, -0.2) is 45.9 Å². The number of carbonyl (C=O) groups is 3. The lowest BCUT2D eigenvalue weighted by Crippen LogP contribution is -2.43. The van der Waals surface area contributed by atoms with E-state index in [4.69, 9.17) is 9.47 Å². The molecule has 1 amide bonds. The molecule has 0 atom stereocenters. The molecule has 1 aliphatic carbocycles. The van der Waals surface area contributed by atoms with E-state index in [9.17, 15) is 14.4 Å². The second-order valence-corrected chi connectivity index (χ2v) is 10.8. The van der Waals surface area contributed by atoms with Gasteiger partial charge in [-0.25, -0.2) is 14.3 Å². The summed E-state index contributed by atoms with van der Waals surface area (Å²) in [5.41, 5.74) is 0.697. The molecule has 8 nitrogen and oxygen atoms in total. The summed E-state index contributed by atoms with van der Waals surface area (Å²) in [4.78, 5) is 40.5. The average Bonchev–Trinajstić information content (AvgIpc) is 3.23. The summed E-state index contributed by atoms with van der Waals surface area (Å²) in [7, 11) is 0. The van der Waals surface area contributed by atoms with Crippen LogP contribution in [0.3, 0.4) is 0 Å². The number of esters is 2. The highest BCUT2D eigenvalue weighted by atomic mass is 16.6. The zero-order valence-corrected chi connectivity index (χ0v) is 22.5. The van der Waals surface area contributed by atoms with Gasteiger partial charge in [-0.1, -0.05) is 6.92 Å². The zero-order chi connectivity index (χ0) is 26.6. The SMILES string of the molecule is CCOC(=O)c1cn(-c2ccc(C(=O)OC(C)(C)C)cc2)nc1N(C(=O)[C@H]1CC[C@H](C)CC1)C(C)C. The number of hydrogen-bond acceptors (Lipinski definition) is 6. The van der Waals surface area contributed by atoms with Crippen LogP contribution in [0, 0.1) is 11.8 Å². The molecule has 0 saturated heterocycles. The summed E-state index contributed by atoms with van der Waals surface area (Å²) in [6.07, 6.45) is 5.30. The van der Waals surface area contributed by atoms with Crippen molar-refractivity contribution < 1.29 is 23.9 Å². The molecule has 36 heavy (non-hydrogen) atoms. The monoisotopic (exact) mass is 497 g/mol. The first-order valence-corrected chi connectivity index (χ1v) is 12.8. The first kappa shape index (κ1) is 27.4. The minimum absolute atomic E-state index is 0.00651. The molecular formula is C28H39N3O5. The summed E-state index contributed by atoms with van der Waals surface area (Å²) < 4.78 is 12.3. The van der Waals surface area contributed by atoms with Gasteiger partial charge >= 0.3 is 11.9 Å². The summed E-state index contributed by atoms with van der Waals surface area (Å²) >= 11 is 0. The quantitative estimate of drug-likeness (QED) is 0.464. The molecule has 1 saturated carbocycles. The molecule has 0 unspecified atom stereocenters. The van der Waals surface area contributed by atoms with E-state index in [-0.39, 0.29) is 30.0 Å². The van der Waals surface area contributed by atoms with Crippen molar-refractivity contribution in [1.29, 1.82) is 0 Å². The first-order valence-electron chi connectivity index (χ1n) is 12.8. The van der Waals surface area contributed by atoms with Crippen LogP contribution in [-0.2, 0) is 14.3 Å². The van der Waals surface area contributed by atoms with Crippen LogP contribution in [0.1, 0.15) is 94.9 Å². The highest BCUT2D eigenvalue weighted by molar-refractivity contribution is 6.02. The fourth-order valence-corrected chi connectivity index (χ4v) is 4.42. The first-order chi connectivity index (χ1) is 16.9. The molecule has 0 aliphatic heterocycles. The largest absolute Gasteiger partial charge is 0.462 e. The van der Waals surface area contributed by atoms with Gasteiger partial charge in [0.2, 0.25) is 5.91 Å². The maximum Gasteiger partial charge on any atom is 0.343 e. The second-order valence-electron chi connectivity index (χ2n) is 10.8. The number of carbonyl (C=O) groups excluding carboxylic acids is 3. The number of rotatable bonds is 7. The Balaban J connectivity index is 1.96. The van der Waals surface area contributed by atoms with Crippen LogP contribution in [0.15, 0.2) is 30.5 Å². The Morgan fingerprint density at radius 1 is 1.06 bits per heavy atom. The van der Waals surface area contributed by atoms with E-state index >= 15 is 0 Å². The van der Waals surface area contributed by atoms with Crippen molar-refractivity contribution in [1.82, 2.24) is 9.78 Å². The third-order valence-electron chi connectivity index (χ3n) is 6.30. The Hall–Kier alpha value is -3.16. The van der Waals surface area contributed by atoms with E-state index in [0.29, 0.717) is 23.0 Å². The fourth-order valence-electron chi connectivity index (χ4n) is 4.42. The molecule has 0 radical (unpaired) electrons. The predicted octanol–water partition coefficient (Wildman–Crippen LogP) is 5.57. The zero-order valence-electron chi connectivity index (χ0n) is 22.5. The van der Waals surface area contributed by atoms with Gasteiger partial charge in [0, 0.05) is 18.2 Å². The molecule has 2 aromatic rings. The van der Waals surface area contributed by atoms with Crippen molar-refractivity contribution in [3.63, 3.8) is 0 Å². The molecule has 1 aliphatic rings. The molecule has 1 fully saturated rings. The average molecular weight is 498 g/mol. The number of anilines is 1. The third kappa shape index (κ3) is 6.53. The summed E-state index contributed by atoms with van der Waals surface area (Å²) in [6.45, 7) is 13.5. The van der Waals surface area contributed by atoms with Crippen molar-refractivity contribution in [2.24, 2.45) is 11.8 Å². The van der Waals surface area contributed by atoms with Gasteiger partial charge in [0.05, 0.1) is 17.9 Å². The summed E-state index contributed by atoms with van der Waals surface area (Å²) in [5, 5.41) is 4.67. The van der Waals surface area contributed by atoms with E-state index < -0.39 is 17.5 Å². The molecule has 3 rings (SSSR count). The highest BCUT2D eigenvalue weighted by Crippen LogP contribution is 2.33. The molecular weight excluding hydrogens is 458 g/mol. The van der Waals surface area contributed by atoms with Crippen LogP contribution >= 0.6 is 0 Å². The predicted molar refractivity (Wildman–Crippen MR) is 138 cm³/mol. The van der Waals surface area contributed by atoms with Crippen LogP contribution in [0.4, 0.5) is 5.82 Å². The van der Waals surface area contributed by atoms with Crippen LogP contribution < -0.4 is 4.90 Å². The molecule has 8 heteroatoms. The van der Waals surface area contributed by atoms with Gasteiger partial charge in [-0.15, -0.1) is 5.10 Å². The topological polar surface area (TPSA) is 90.7 Å². The van der Waals surface area contributed by atoms with E-state index in [1.165, 1.54) is 0 Å². The lowest BCUT2D eigenvalue weighted by molar-refractivity contribution is -0.124. The van der Waals surface area contributed by atoms with E-state index in [1.807, 2.05) is 34.6 Å². The minimum Gasteiger partial charge on any atom is -0.462 e. The number of amides is 1. The van der Waals surface area contributed by atoms with Gasteiger partial charge < -0.3 is 9.47 Å². The number of aromatic nitrogens is 2. The smallest absolute Gasteiger partial charge is 0.343 e.